The fourth-order valence-electron chi connectivity index (χ4n) is 4.88. The normalized spacial score (nSPS) is 11.9. The molecule has 7 nitrogen and oxygen atoms in total. The van der Waals surface area contributed by atoms with E-state index in [-0.39, 0.29) is 23.8 Å². The van der Waals surface area contributed by atoms with Crippen molar-refractivity contribution in [3.05, 3.63) is 130 Å². The van der Waals surface area contributed by atoms with Crippen LogP contribution in [0.3, 0.4) is 0 Å². The first kappa shape index (κ1) is 33.0. The molecule has 2 amide bonds. The molecule has 0 aliphatic heterocycles. The molecule has 1 unspecified atom stereocenters. The van der Waals surface area contributed by atoms with Crippen LogP contribution in [-0.2, 0) is 32.6 Å². The summed E-state index contributed by atoms with van der Waals surface area (Å²) in [5.41, 5.74) is 2.93. The van der Waals surface area contributed by atoms with Gasteiger partial charge in [0.05, 0.1) is 10.6 Å². The molecule has 0 spiro atoms. The molecule has 9 heteroatoms. The summed E-state index contributed by atoms with van der Waals surface area (Å²) in [6.45, 7) is 4.04. The number of unbranched alkanes of at least 4 members (excludes halogenated alkanes) is 1. The van der Waals surface area contributed by atoms with Crippen LogP contribution in [0.2, 0.25) is 0 Å². The Bertz CT molecular complexity index is 1630. The van der Waals surface area contributed by atoms with Crippen molar-refractivity contribution in [1.29, 1.82) is 0 Å². The van der Waals surface area contributed by atoms with Crippen molar-refractivity contribution < 1.29 is 18.0 Å². The van der Waals surface area contributed by atoms with Crippen LogP contribution in [-0.4, -0.2) is 44.3 Å². The van der Waals surface area contributed by atoms with Crippen LogP contribution in [0.5, 0.6) is 0 Å². The summed E-state index contributed by atoms with van der Waals surface area (Å²) in [7, 11) is -4.12. The van der Waals surface area contributed by atoms with E-state index in [0.29, 0.717) is 12.2 Å². The third-order valence-electron chi connectivity index (χ3n) is 7.27. The minimum Gasteiger partial charge on any atom is -0.354 e. The smallest absolute Gasteiger partial charge is 0.264 e. The van der Waals surface area contributed by atoms with Crippen molar-refractivity contribution in [3.8, 4) is 0 Å². The van der Waals surface area contributed by atoms with E-state index in [1.165, 1.54) is 17.0 Å². The van der Waals surface area contributed by atoms with Crippen molar-refractivity contribution in [2.45, 2.75) is 50.6 Å². The predicted octanol–water partition coefficient (Wildman–Crippen LogP) is 6.51. The quantitative estimate of drug-likeness (QED) is 0.154. The second-order valence-electron chi connectivity index (χ2n) is 10.7. The van der Waals surface area contributed by atoms with E-state index in [1.54, 1.807) is 36.4 Å². The molecule has 0 radical (unpaired) electrons. The van der Waals surface area contributed by atoms with Gasteiger partial charge >= 0.3 is 0 Å². The fraction of sp³-hybridized carbons (Fsp3) is 0.257. The summed E-state index contributed by atoms with van der Waals surface area (Å²) in [5, 5.41) is 3.01. The first-order chi connectivity index (χ1) is 21.2. The summed E-state index contributed by atoms with van der Waals surface area (Å²) in [5.74, 6) is -0.763. The van der Waals surface area contributed by atoms with Gasteiger partial charge in [-0.3, -0.25) is 13.9 Å². The van der Waals surface area contributed by atoms with E-state index >= 15 is 0 Å². The maximum absolute atomic E-state index is 14.5. The highest BCUT2D eigenvalue weighted by molar-refractivity contribution is 9.10. The van der Waals surface area contributed by atoms with Crippen molar-refractivity contribution >= 4 is 43.5 Å². The molecule has 0 aliphatic carbocycles. The number of anilines is 1. The van der Waals surface area contributed by atoms with Crippen molar-refractivity contribution in [3.63, 3.8) is 0 Å². The Labute approximate surface area is 269 Å². The number of amides is 2. The van der Waals surface area contributed by atoms with Gasteiger partial charge in [-0.15, -0.1) is 0 Å². The second-order valence-corrected chi connectivity index (χ2v) is 13.4. The second kappa shape index (κ2) is 15.7. The molecule has 0 bridgehead atoms. The Morgan fingerprint density at radius 1 is 0.841 bits per heavy atom. The van der Waals surface area contributed by atoms with Crippen molar-refractivity contribution in [2.24, 2.45) is 0 Å². The van der Waals surface area contributed by atoms with Crippen LogP contribution >= 0.6 is 15.9 Å². The first-order valence-corrected chi connectivity index (χ1v) is 16.9. The summed E-state index contributed by atoms with van der Waals surface area (Å²) >= 11 is 3.46. The fourth-order valence-corrected chi connectivity index (χ4v) is 6.57. The molecule has 4 rings (SSSR count). The van der Waals surface area contributed by atoms with Crippen LogP contribution in [0.25, 0.3) is 0 Å². The predicted molar refractivity (Wildman–Crippen MR) is 179 cm³/mol. The lowest BCUT2D eigenvalue weighted by Crippen LogP contribution is -2.53. The van der Waals surface area contributed by atoms with E-state index in [2.05, 4.69) is 21.2 Å². The lowest BCUT2D eigenvalue weighted by molar-refractivity contribution is -0.140. The Hall–Kier alpha value is -3.95. The average molecular weight is 677 g/mol. The van der Waals surface area contributed by atoms with E-state index in [0.717, 1.165) is 38.3 Å². The largest absolute Gasteiger partial charge is 0.354 e. The summed E-state index contributed by atoms with van der Waals surface area (Å²) in [6.07, 6.45) is 1.99. The Morgan fingerprint density at radius 3 is 2.14 bits per heavy atom. The van der Waals surface area contributed by atoms with Gasteiger partial charge in [-0.2, -0.15) is 0 Å². The minimum atomic E-state index is -4.12. The van der Waals surface area contributed by atoms with E-state index in [4.69, 9.17) is 0 Å². The van der Waals surface area contributed by atoms with Gasteiger partial charge in [-0.1, -0.05) is 102 Å². The maximum atomic E-state index is 14.5. The first-order valence-electron chi connectivity index (χ1n) is 14.7. The van der Waals surface area contributed by atoms with Gasteiger partial charge in [0.25, 0.3) is 10.0 Å². The molecule has 0 aromatic heterocycles. The molecular weight excluding hydrogens is 638 g/mol. The van der Waals surface area contributed by atoms with Gasteiger partial charge in [0, 0.05) is 24.0 Å². The molecule has 1 N–H and O–H groups in total. The van der Waals surface area contributed by atoms with E-state index in [1.807, 2.05) is 74.5 Å². The number of hydrogen-bond acceptors (Lipinski definition) is 4. The van der Waals surface area contributed by atoms with Gasteiger partial charge in [0.2, 0.25) is 11.8 Å². The van der Waals surface area contributed by atoms with E-state index < -0.39 is 28.5 Å². The van der Waals surface area contributed by atoms with Crippen molar-refractivity contribution in [1.82, 2.24) is 10.2 Å². The summed E-state index contributed by atoms with van der Waals surface area (Å²) < 4.78 is 30.1. The Balaban J connectivity index is 1.78. The standard InChI is InChI=1S/C35H38BrN3O4S/c1-3-4-22-37-35(41)33(24-28-13-7-5-8-14-28)38(25-29-18-20-30(36)21-19-29)34(40)26-39(31-15-11-12-27(2)23-31)44(42,43)32-16-9-6-10-17-32/h5-21,23,33H,3-4,22,24-26H2,1-2H3,(H,37,41). The van der Waals surface area contributed by atoms with E-state index in [9.17, 15) is 18.0 Å². The molecule has 44 heavy (non-hydrogen) atoms. The molecule has 0 saturated carbocycles. The number of aryl methyl sites for hydroxylation is 1. The molecular formula is C35H38BrN3O4S. The number of benzene rings is 4. The number of nitrogens with one attached hydrogen (secondary N) is 1. The lowest BCUT2D eigenvalue weighted by atomic mass is 10.0. The van der Waals surface area contributed by atoms with Crippen LogP contribution < -0.4 is 9.62 Å². The maximum Gasteiger partial charge on any atom is 0.264 e. The zero-order valence-electron chi connectivity index (χ0n) is 25.0. The van der Waals surface area contributed by atoms with Gasteiger partial charge < -0.3 is 10.2 Å². The minimum absolute atomic E-state index is 0.0758. The van der Waals surface area contributed by atoms with Crippen LogP contribution in [0.1, 0.15) is 36.5 Å². The van der Waals surface area contributed by atoms with Gasteiger partial charge in [-0.25, -0.2) is 8.42 Å². The van der Waals surface area contributed by atoms with Crippen LogP contribution in [0.15, 0.2) is 119 Å². The van der Waals surface area contributed by atoms with Gasteiger partial charge in [0.1, 0.15) is 12.6 Å². The molecule has 0 aliphatic rings. The average Bonchev–Trinajstić information content (AvgIpc) is 3.03. The molecule has 1 atom stereocenters. The molecule has 4 aromatic carbocycles. The SMILES string of the molecule is CCCCNC(=O)C(Cc1ccccc1)N(Cc1ccc(Br)cc1)C(=O)CN(c1cccc(C)c1)S(=O)(=O)c1ccccc1. The highest BCUT2D eigenvalue weighted by atomic mass is 79.9. The number of hydrogen-bond donors (Lipinski definition) is 1. The summed E-state index contributed by atoms with van der Waals surface area (Å²) in [4.78, 5) is 29.8. The highest BCUT2D eigenvalue weighted by Gasteiger charge is 2.34. The zero-order chi connectivity index (χ0) is 31.5. The van der Waals surface area contributed by atoms with Crippen LogP contribution in [0, 0.1) is 6.92 Å². The topological polar surface area (TPSA) is 86.8 Å². The summed E-state index contributed by atoms with van der Waals surface area (Å²) in [6, 6.07) is 31.3. The molecule has 4 aromatic rings. The number of carbonyl (C=O) groups excluding carboxylic acids is 2. The Kier molecular flexibility index (Phi) is 11.7. The third kappa shape index (κ3) is 8.80. The molecule has 230 valence electrons. The molecule has 0 fully saturated rings. The number of halogens is 1. The molecule has 0 heterocycles. The number of nitrogens with zero attached hydrogens (tertiary/aromatic N) is 2. The van der Waals surface area contributed by atoms with Gasteiger partial charge in [-0.05, 0) is 66.4 Å². The number of rotatable bonds is 14. The highest BCUT2D eigenvalue weighted by Crippen LogP contribution is 2.26. The number of sulfonamides is 1. The molecule has 0 saturated heterocycles. The third-order valence-corrected chi connectivity index (χ3v) is 9.58. The monoisotopic (exact) mass is 675 g/mol. The van der Waals surface area contributed by atoms with Gasteiger partial charge in [0.15, 0.2) is 0 Å². The Morgan fingerprint density at radius 2 is 1.50 bits per heavy atom. The lowest BCUT2D eigenvalue weighted by Gasteiger charge is -2.34. The van der Waals surface area contributed by atoms with Crippen molar-refractivity contribution in [2.75, 3.05) is 17.4 Å². The number of carbonyl (C=O) groups is 2. The van der Waals surface area contributed by atoms with Crippen LogP contribution in [0.4, 0.5) is 5.69 Å². The zero-order valence-corrected chi connectivity index (χ0v) is 27.4.